The number of aryl methyl sites for hydroxylation is 1. The highest BCUT2D eigenvalue weighted by Gasteiger charge is 2.13. The lowest BCUT2D eigenvalue weighted by Crippen LogP contribution is -2.22. The molecule has 1 aromatic rings. The van der Waals surface area contributed by atoms with Crippen LogP contribution in [0.3, 0.4) is 0 Å². The summed E-state index contributed by atoms with van der Waals surface area (Å²) in [5, 5.41) is 13.5. The van der Waals surface area contributed by atoms with Gasteiger partial charge in [-0.25, -0.2) is 0 Å². The van der Waals surface area contributed by atoms with E-state index in [-0.39, 0.29) is 17.1 Å². The van der Waals surface area contributed by atoms with Crippen molar-refractivity contribution in [1.29, 1.82) is 0 Å². The highest BCUT2D eigenvalue weighted by Crippen LogP contribution is 2.06. The van der Waals surface area contributed by atoms with Crippen molar-refractivity contribution in [2.24, 2.45) is 7.05 Å². The fraction of sp³-hybridized carbons (Fsp3) is 0.667. The highest BCUT2D eigenvalue weighted by molar-refractivity contribution is 7.99. The summed E-state index contributed by atoms with van der Waals surface area (Å²) in [6.45, 7) is 1.82. The van der Waals surface area contributed by atoms with Gasteiger partial charge in [-0.3, -0.25) is 10.1 Å². The normalized spacial score (nSPS) is 12.5. The molecule has 1 atom stereocenters. The second-order valence-electron chi connectivity index (χ2n) is 2.47. The Morgan fingerprint density at radius 3 is 2.85 bits per heavy atom. The minimum absolute atomic E-state index is 0.108. The van der Waals surface area contributed by atoms with Crippen LogP contribution in [0.4, 0.5) is 5.95 Å². The van der Waals surface area contributed by atoms with Crippen LogP contribution in [0, 0.1) is 0 Å². The van der Waals surface area contributed by atoms with Crippen LogP contribution < -0.4 is 5.32 Å². The molecular formula is C6H11N5OS. The Labute approximate surface area is 80.1 Å². The van der Waals surface area contributed by atoms with Gasteiger partial charge in [-0.15, -0.1) is 5.10 Å². The lowest BCUT2D eigenvalue weighted by molar-refractivity contribution is -0.115. The average Bonchev–Trinajstić information content (AvgIpc) is 2.49. The van der Waals surface area contributed by atoms with E-state index < -0.39 is 0 Å². The zero-order chi connectivity index (χ0) is 9.84. The molecule has 13 heavy (non-hydrogen) atoms. The second kappa shape index (κ2) is 4.22. The fourth-order valence-corrected chi connectivity index (χ4v) is 0.926. The predicted molar refractivity (Wildman–Crippen MR) is 50.4 cm³/mol. The molecule has 0 spiro atoms. The molecule has 0 radical (unpaired) electrons. The van der Waals surface area contributed by atoms with Crippen LogP contribution in [-0.2, 0) is 11.8 Å². The molecule has 1 amide bonds. The van der Waals surface area contributed by atoms with Gasteiger partial charge in [0.05, 0.1) is 12.3 Å². The first-order valence-electron chi connectivity index (χ1n) is 3.71. The van der Waals surface area contributed by atoms with E-state index in [2.05, 4.69) is 20.7 Å². The molecule has 6 nitrogen and oxygen atoms in total. The van der Waals surface area contributed by atoms with E-state index in [4.69, 9.17) is 0 Å². The number of carbonyl (C=O) groups is 1. The van der Waals surface area contributed by atoms with E-state index >= 15 is 0 Å². The van der Waals surface area contributed by atoms with Crippen LogP contribution in [0.2, 0.25) is 0 Å². The van der Waals surface area contributed by atoms with Gasteiger partial charge in [0.15, 0.2) is 0 Å². The van der Waals surface area contributed by atoms with Crippen molar-refractivity contribution in [3.63, 3.8) is 0 Å². The van der Waals surface area contributed by atoms with Crippen LogP contribution in [0.15, 0.2) is 0 Å². The summed E-state index contributed by atoms with van der Waals surface area (Å²) in [6, 6.07) is 0. The highest BCUT2D eigenvalue weighted by atomic mass is 32.2. The van der Waals surface area contributed by atoms with E-state index in [9.17, 15) is 4.79 Å². The van der Waals surface area contributed by atoms with Crippen molar-refractivity contribution in [2.45, 2.75) is 12.2 Å². The molecule has 0 fully saturated rings. The summed E-state index contributed by atoms with van der Waals surface area (Å²) in [4.78, 5) is 12.6. The Morgan fingerprint density at radius 2 is 2.38 bits per heavy atom. The lowest BCUT2D eigenvalue weighted by Gasteiger charge is -2.05. The number of hydrogen-bond acceptors (Lipinski definition) is 5. The fourth-order valence-electron chi connectivity index (χ4n) is 0.653. The van der Waals surface area contributed by atoms with Crippen LogP contribution in [0.1, 0.15) is 6.92 Å². The number of anilines is 1. The molecule has 1 heterocycles. The Bertz CT molecular complexity index is 299. The van der Waals surface area contributed by atoms with E-state index in [1.165, 1.54) is 16.6 Å². The van der Waals surface area contributed by atoms with E-state index in [1.807, 2.05) is 13.2 Å². The Kier molecular flexibility index (Phi) is 3.24. The van der Waals surface area contributed by atoms with E-state index in [1.54, 1.807) is 7.05 Å². The molecular weight excluding hydrogens is 190 g/mol. The van der Waals surface area contributed by atoms with Crippen molar-refractivity contribution in [3.8, 4) is 0 Å². The smallest absolute Gasteiger partial charge is 0.270 e. The third kappa shape index (κ3) is 2.69. The van der Waals surface area contributed by atoms with Crippen LogP contribution >= 0.6 is 11.8 Å². The van der Waals surface area contributed by atoms with E-state index in [0.717, 1.165) is 0 Å². The number of thioether (sulfide) groups is 1. The SMILES string of the molecule is CSC(C)C(=O)Nc1nnn(C)n1. The van der Waals surface area contributed by atoms with Crippen LogP contribution in [-0.4, -0.2) is 37.6 Å². The summed E-state index contributed by atoms with van der Waals surface area (Å²) >= 11 is 1.46. The second-order valence-corrected chi connectivity index (χ2v) is 3.65. The van der Waals surface area contributed by atoms with Gasteiger partial charge in [0, 0.05) is 0 Å². The third-order valence-corrected chi connectivity index (χ3v) is 2.39. The summed E-state index contributed by atoms with van der Waals surface area (Å²) in [6.07, 6.45) is 1.87. The predicted octanol–water partition coefficient (Wildman–Crippen LogP) is -0.0999. The molecule has 1 rings (SSSR count). The molecule has 1 N–H and O–H groups in total. The minimum atomic E-state index is -0.111. The first-order chi connectivity index (χ1) is 6.13. The van der Waals surface area contributed by atoms with Crippen LogP contribution in [0.5, 0.6) is 0 Å². The molecule has 0 aliphatic heterocycles. The Hall–Kier alpha value is -1.11. The van der Waals surface area contributed by atoms with Crippen molar-refractivity contribution < 1.29 is 4.79 Å². The van der Waals surface area contributed by atoms with Gasteiger partial charge in [0.25, 0.3) is 5.95 Å². The number of hydrogen-bond donors (Lipinski definition) is 1. The molecule has 0 saturated carbocycles. The topological polar surface area (TPSA) is 72.7 Å². The standard InChI is InChI=1S/C6H11N5OS/c1-4(13-3)5(12)7-6-8-10-11(2)9-6/h4H,1-3H3,(H,7,9,12). The summed E-state index contributed by atoms with van der Waals surface area (Å²) in [5.41, 5.74) is 0. The molecule has 1 aromatic heterocycles. The van der Waals surface area contributed by atoms with Gasteiger partial charge in [0.1, 0.15) is 0 Å². The third-order valence-electron chi connectivity index (χ3n) is 1.47. The number of rotatable bonds is 3. The summed E-state index contributed by atoms with van der Waals surface area (Å²) < 4.78 is 0. The molecule has 7 heteroatoms. The van der Waals surface area contributed by atoms with Crippen molar-refractivity contribution >= 4 is 23.6 Å². The van der Waals surface area contributed by atoms with Gasteiger partial charge >= 0.3 is 0 Å². The molecule has 0 aromatic carbocycles. The van der Waals surface area contributed by atoms with Crippen molar-refractivity contribution in [3.05, 3.63) is 0 Å². The average molecular weight is 201 g/mol. The van der Waals surface area contributed by atoms with Gasteiger partial charge in [-0.1, -0.05) is 5.10 Å². The van der Waals surface area contributed by atoms with Crippen molar-refractivity contribution in [2.75, 3.05) is 11.6 Å². The maximum Gasteiger partial charge on any atom is 0.270 e. The Morgan fingerprint density at radius 1 is 1.69 bits per heavy atom. The number of carbonyl (C=O) groups excluding carboxylic acids is 1. The van der Waals surface area contributed by atoms with Gasteiger partial charge in [-0.05, 0) is 18.4 Å². The number of aromatic nitrogens is 4. The quantitative estimate of drug-likeness (QED) is 0.739. The zero-order valence-electron chi connectivity index (χ0n) is 7.68. The number of nitrogens with one attached hydrogen (secondary N) is 1. The number of nitrogens with zero attached hydrogens (tertiary/aromatic N) is 4. The molecule has 0 aliphatic rings. The molecule has 0 saturated heterocycles. The molecule has 1 unspecified atom stereocenters. The summed E-state index contributed by atoms with van der Waals surface area (Å²) in [5.74, 6) is 0.133. The van der Waals surface area contributed by atoms with Crippen molar-refractivity contribution in [1.82, 2.24) is 20.2 Å². The first kappa shape index (κ1) is 9.97. The maximum absolute atomic E-state index is 11.3. The number of amides is 1. The zero-order valence-corrected chi connectivity index (χ0v) is 8.50. The van der Waals surface area contributed by atoms with Crippen LogP contribution in [0.25, 0.3) is 0 Å². The number of tetrazole rings is 1. The first-order valence-corrected chi connectivity index (χ1v) is 5.00. The molecule has 0 aliphatic carbocycles. The monoisotopic (exact) mass is 201 g/mol. The van der Waals surface area contributed by atoms with E-state index in [0.29, 0.717) is 0 Å². The maximum atomic E-state index is 11.3. The summed E-state index contributed by atoms with van der Waals surface area (Å²) in [7, 11) is 1.64. The minimum Gasteiger partial charge on any atom is -0.291 e. The van der Waals surface area contributed by atoms with Gasteiger partial charge < -0.3 is 0 Å². The lowest BCUT2D eigenvalue weighted by atomic mass is 10.4. The largest absolute Gasteiger partial charge is 0.291 e. The molecule has 72 valence electrons. The van der Waals surface area contributed by atoms with Gasteiger partial charge in [-0.2, -0.15) is 16.6 Å². The molecule has 0 bridgehead atoms. The van der Waals surface area contributed by atoms with Gasteiger partial charge in [0.2, 0.25) is 5.91 Å². The Balaban J connectivity index is 2.54.